The van der Waals surface area contributed by atoms with Gasteiger partial charge in [-0.15, -0.1) is 0 Å². The summed E-state index contributed by atoms with van der Waals surface area (Å²) in [6.07, 6.45) is 5.69. The summed E-state index contributed by atoms with van der Waals surface area (Å²) in [6, 6.07) is 5.91. The van der Waals surface area contributed by atoms with Gasteiger partial charge in [0.25, 0.3) is 0 Å². The third-order valence-electron chi connectivity index (χ3n) is 2.31. The van der Waals surface area contributed by atoms with E-state index in [0.717, 1.165) is 25.6 Å². The van der Waals surface area contributed by atoms with Crippen LogP contribution in [0, 0.1) is 0 Å². The van der Waals surface area contributed by atoms with Crippen molar-refractivity contribution in [1.29, 1.82) is 0 Å². The van der Waals surface area contributed by atoms with Crippen LogP contribution >= 0.6 is 31.9 Å². The summed E-state index contributed by atoms with van der Waals surface area (Å²) in [7, 11) is 0. The van der Waals surface area contributed by atoms with Gasteiger partial charge in [-0.3, -0.25) is 4.98 Å². The molecule has 0 saturated heterocycles. The second-order valence-electron chi connectivity index (χ2n) is 3.45. The standard InChI is InChI=1S/C13H11Br2NO/c1-2-3-7-17-13-11(15)8-10(14)9-5-4-6-16-12(9)13/h2-6,8H,7H2,1H3. The van der Waals surface area contributed by atoms with Crippen LogP contribution in [0.3, 0.4) is 0 Å². The van der Waals surface area contributed by atoms with Gasteiger partial charge in [-0.05, 0) is 35.0 Å². The maximum absolute atomic E-state index is 5.73. The van der Waals surface area contributed by atoms with E-state index in [1.807, 2.05) is 37.3 Å². The number of aromatic nitrogens is 1. The third-order valence-corrected chi connectivity index (χ3v) is 3.56. The quantitative estimate of drug-likeness (QED) is 0.742. The molecule has 1 aromatic heterocycles. The van der Waals surface area contributed by atoms with E-state index < -0.39 is 0 Å². The van der Waals surface area contributed by atoms with Crippen LogP contribution in [0.4, 0.5) is 0 Å². The fourth-order valence-corrected chi connectivity index (χ4v) is 2.90. The molecule has 0 spiro atoms. The van der Waals surface area contributed by atoms with Crippen molar-refractivity contribution < 1.29 is 4.74 Å². The average molecular weight is 357 g/mol. The molecule has 0 bridgehead atoms. The Balaban J connectivity index is 2.53. The summed E-state index contributed by atoms with van der Waals surface area (Å²) in [4.78, 5) is 4.37. The van der Waals surface area contributed by atoms with Crippen molar-refractivity contribution in [3.63, 3.8) is 0 Å². The van der Waals surface area contributed by atoms with Crippen LogP contribution in [0.1, 0.15) is 6.92 Å². The lowest BCUT2D eigenvalue weighted by Crippen LogP contribution is -1.96. The van der Waals surface area contributed by atoms with Gasteiger partial charge in [0, 0.05) is 16.1 Å². The van der Waals surface area contributed by atoms with Crippen LogP contribution in [0.15, 0.2) is 45.5 Å². The van der Waals surface area contributed by atoms with Gasteiger partial charge < -0.3 is 4.74 Å². The lowest BCUT2D eigenvalue weighted by molar-refractivity contribution is 0.364. The number of nitrogens with zero attached hydrogens (tertiary/aromatic N) is 1. The fraction of sp³-hybridized carbons (Fsp3) is 0.154. The molecule has 0 aliphatic rings. The van der Waals surface area contributed by atoms with Crippen molar-refractivity contribution in [2.75, 3.05) is 6.61 Å². The first-order valence-corrected chi connectivity index (χ1v) is 6.79. The smallest absolute Gasteiger partial charge is 0.160 e. The van der Waals surface area contributed by atoms with E-state index in [1.165, 1.54) is 0 Å². The highest BCUT2D eigenvalue weighted by atomic mass is 79.9. The minimum Gasteiger partial charge on any atom is -0.486 e. The molecule has 0 aliphatic carbocycles. The van der Waals surface area contributed by atoms with Gasteiger partial charge in [0.2, 0.25) is 0 Å². The molecule has 0 radical (unpaired) electrons. The summed E-state index contributed by atoms with van der Waals surface area (Å²) in [6.45, 7) is 2.51. The molecular formula is C13H11Br2NO. The minimum absolute atomic E-state index is 0.544. The van der Waals surface area contributed by atoms with Gasteiger partial charge in [-0.2, -0.15) is 0 Å². The first-order valence-electron chi connectivity index (χ1n) is 5.20. The number of allylic oxidation sites excluding steroid dienone is 1. The topological polar surface area (TPSA) is 22.1 Å². The molecule has 0 aliphatic heterocycles. The number of halogens is 2. The Kier molecular flexibility index (Phi) is 4.18. The molecule has 2 rings (SSSR count). The lowest BCUT2D eigenvalue weighted by Gasteiger charge is -2.10. The molecule has 17 heavy (non-hydrogen) atoms. The van der Waals surface area contributed by atoms with Crippen molar-refractivity contribution in [3.05, 3.63) is 45.5 Å². The third kappa shape index (κ3) is 2.69. The summed E-state index contributed by atoms with van der Waals surface area (Å²) < 4.78 is 7.64. The highest BCUT2D eigenvalue weighted by Gasteiger charge is 2.11. The van der Waals surface area contributed by atoms with Crippen LogP contribution in [0.2, 0.25) is 0 Å². The molecule has 4 heteroatoms. The van der Waals surface area contributed by atoms with Crippen molar-refractivity contribution in [2.45, 2.75) is 6.92 Å². The molecule has 1 heterocycles. The van der Waals surface area contributed by atoms with E-state index >= 15 is 0 Å². The Bertz CT molecular complexity index is 567. The Morgan fingerprint density at radius 2 is 2.18 bits per heavy atom. The molecule has 0 fully saturated rings. The zero-order valence-corrected chi connectivity index (χ0v) is 12.5. The Morgan fingerprint density at radius 3 is 2.94 bits per heavy atom. The highest BCUT2D eigenvalue weighted by Crippen LogP contribution is 2.37. The van der Waals surface area contributed by atoms with Crippen molar-refractivity contribution in [1.82, 2.24) is 4.98 Å². The Morgan fingerprint density at radius 1 is 1.35 bits per heavy atom. The number of benzene rings is 1. The van der Waals surface area contributed by atoms with Crippen LogP contribution in [0.5, 0.6) is 5.75 Å². The predicted molar refractivity (Wildman–Crippen MR) is 77.5 cm³/mol. The zero-order valence-electron chi connectivity index (χ0n) is 9.28. The van der Waals surface area contributed by atoms with Gasteiger partial charge in [0.1, 0.15) is 12.1 Å². The number of ether oxygens (including phenoxy) is 1. The number of rotatable bonds is 3. The van der Waals surface area contributed by atoms with E-state index in [9.17, 15) is 0 Å². The first kappa shape index (κ1) is 12.6. The van der Waals surface area contributed by atoms with E-state index in [1.54, 1.807) is 6.20 Å². The maximum Gasteiger partial charge on any atom is 0.160 e. The second-order valence-corrected chi connectivity index (χ2v) is 5.16. The van der Waals surface area contributed by atoms with Crippen LogP contribution in [-0.4, -0.2) is 11.6 Å². The SMILES string of the molecule is CC=CCOc1c(Br)cc(Br)c2cccnc12. The van der Waals surface area contributed by atoms with Gasteiger partial charge >= 0.3 is 0 Å². The van der Waals surface area contributed by atoms with Crippen LogP contribution < -0.4 is 4.74 Å². The van der Waals surface area contributed by atoms with E-state index in [2.05, 4.69) is 36.8 Å². The summed E-state index contributed by atoms with van der Waals surface area (Å²) in [5.74, 6) is 0.780. The number of hydrogen-bond donors (Lipinski definition) is 0. The number of fused-ring (bicyclic) bond motifs is 1. The molecular weight excluding hydrogens is 346 g/mol. The van der Waals surface area contributed by atoms with E-state index in [0.29, 0.717) is 6.61 Å². The molecule has 0 atom stereocenters. The second kappa shape index (κ2) is 5.65. The monoisotopic (exact) mass is 355 g/mol. The molecule has 0 unspecified atom stereocenters. The largest absolute Gasteiger partial charge is 0.486 e. The highest BCUT2D eigenvalue weighted by molar-refractivity contribution is 9.11. The van der Waals surface area contributed by atoms with Gasteiger partial charge in [-0.1, -0.05) is 34.1 Å². The Labute approximate surface area is 117 Å². The zero-order chi connectivity index (χ0) is 12.3. The van der Waals surface area contributed by atoms with Crippen molar-refractivity contribution >= 4 is 42.8 Å². The molecule has 0 N–H and O–H groups in total. The number of pyridine rings is 1. The van der Waals surface area contributed by atoms with Crippen molar-refractivity contribution in [3.8, 4) is 5.75 Å². The molecule has 0 amide bonds. The van der Waals surface area contributed by atoms with Gasteiger partial charge in [0.15, 0.2) is 5.75 Å². The molecule has 88 valence electrons. The maximum atomic E-state index is 5.73. The van der Waals surface area contributed by atoms with Gasteiger partial charge in [-0.25, -0.2) is 0 Å². The predicted octanol–water partition coefficient (Wildman–Crippen LogP) is 4.71. The molecule has 2 aromatic rings. The molecule has 1 aromatic carbocycles. The summed E-state index contributed by atoms with van der Waals surface area (Å²) in [5.41, 5.74) is 0.859. The van der Waals surface area contributed by atoms with Crippen LogP contribution in [0.25, 0.3) is 10.9 Å². The fourth-order valence-electron chi connectivity index (χ4n) is 1.51. The Hall–Kier alpha value is -0.870. The van der Waals surface area contributed by atoms with Crippen molar-refractivity contribution in [2.24, 2.45) is 0 Å². The minimum atomic E-state index is 0.544. The molecule has 2 nitrogen and oxygen atoms in total. The lowest BCUT2D eigenvalue weighted by atomic mass is 10.2. The van der Waals surface area contributed by atoms with E-state index in [4.69, 9.17) is 4.74 Å². The van der Waals surface area contributed by atoms with Gasteiger partial charge in [0.05, 0.1) is 4.47 Å². The number of hydrogen-bond acceptors (Lipinski definition) is 2. The normalized spacial score (nSPS) is 11.2. The average Bonchev–Trinajstić information content (AvgIpc) is 2.33. The molecule has 0 saturated carbocycles. The summed E-state index contributed by atoms with van der Waals surface area (Å²) >= 11 is 7.03. The van der Waals surface area contributed by atoms with E-state index in [-0.39, 0.29) is 0 Å². The first-order chi connectivity index (χ1) is 8.24. The van der Waals surface area contributed by atoms with Crippen LogP contribution in [-0.2, 0) is 0 Å². The summed E-state index contributed by atoms with van der Waals surface area (Å²) in [5, 5.41) is 1.05.